The molecule has 3 aromatic rings. The lowest BCUT2D eigenvalue weighted by atomic mass is 10.2. The molecule has 156 valence electrons. The van der Waals surface area contributed by atoms with Gasteiger partial charge < -0.3 is 5.32 Å². The number of nitro benzene ring substituents is 1. The van der Waals surface area contributed by atoms with Crippen molar-refractivity contribution in [1.29, 1.82) is 0 Å². The summed E-state index contributed by atoms with van der Waals surface area (Å²) in [7, 11) is 0. The van der Waals surface area contributed by atoms with E-state index in [1.807, 2.05) is 0 Å². The average molecular weight is 440 g/mol. The molecule has 1 atom stereocenters. The second-order valence-electron chi connectivity index (χ2n) is 6.04. The minimum absolute atomic E-state index is 0.0240. The molecule has 0 unspecified atom stereocenters. The summed E-state index contributed by atoms with van der Waals surface area (Å²) in [6.45, 7) is 1.43. The third-order valence-corrected chi connectivity index (χ3v) is 4.99. The van der Waals surface area contributed by atoms with Crippen molar-refractivity contribution in [1.82, 2.24) is 9.97 Å². The van der Waals surface area contributed by atoms with Crippen LogP contribution in [0.2, 0.25) is 0 Å². The number of nitrogens with one attached hydrogen (secondary N) is 1. The minimum Gasteiger partial charge on any atom is -0.325 e. The molecule has 0 aliphatic rings. The molecule has 0 aliphatic carbocycles. The van der Waals surface area contributed by atoms with Crippen LogP contribution in [0.5, 0.6) is 0 Å². The molecule has 1 amide bonds. The second-order valence-corrected chi connectivity index (χ2v) is 7.37. The number of nitro groups is 1. The molecule has 0 radical (unpaired) electrons. The summed E-state index contributed by atoms with van der Waals surface area (Å²) in [6, 6.07) is 8.89. The van der Waals surface area contributed by atoms with Gasteiger partial charge in [0, 0.05) is 17.1 Å². The molecule has 0 aliphatic heterocycles. The van der Waals surface area contributed by atoms with Crippen LogP contribution in [0.1, 0.15) is 12.7 Å². The quantitative estimate of drug-likeness (QED) is 0.201. The smallest absolute Gasteiger partial charge is 0.325 e. The molecule has 7 nitrogen and oxygen atoms in total. The molecule has 1 heterocycles. The van der Waals surface area contributed by atoms with Crippen LogP contribution in [0.4, 0.5) is 28.9 Å². The SMILES string of the molecule is C[C@@H](Sc1nc(C(F)(F)F)nc2ccccc12)C(=O)Nc1ccc(F)c([N+](=O)[O-])c1. The zero-order chi connectivity index (χ0) is 22.1. The number of thioether (sulfide) groups is 1. The van der Waals surface area contributed by atoms with Crippen molar-refractivity contribution in [3.05, 3.63) is 64.2 Å². The van der Waals surface area contributed by atoms with Crippen molar-refractivity contribution in [2.45, 2.75) is 23.4 Å². The molecule has 0 bridgehead atoms. The number of fused-ring (bicyclic) bond motifs is 1. The molecule has 2 aromatic carbocycles. The number of para-hydroxylation sites is 1. The van der Waals surface area contributed by atoms with Gasteiger partial charge in [-0.3, -0.25) is 14.9 Å². The Morgan fingerprint density at radius 3 is 2.57 bits per heavy atom. The van der Waals surface area contributed by atoms with Gasteiger partial charge in [0.2, 0.25) is 17.5 Å². The fraction of sp³-hybridized carbons (Fsp3) is 0.167. The van der Waals surface area contributed by atoms with E-state index in [1.54, 1.807) is 6.07 Å². The van der Waals surface area contributed by atoms with Crippen LogP contribution >= 0.6 is 11.8 Å². The first kappa shape index (κ1) is 21.4. The number of anilines is 1. The minimum atomic E-state index is -4.77. The number of amides is 1. The van der Waals surface area contributed by atoms with Crippen LogP contribution < -0.4 is 5.32 Å². The van der Waals surface area contributed by atoms with Crippen LogP contribution in [-0.4, -0.2) is 26.0 Å². The number of nitrogens with zero attached hydrogens (tertiary/aromatic N) is 3. The number of carbonyl (C=O) groups is 1. The highest BCUT2D eigenvalue weighted by molar-refractivity contribution is 8.00. The van der Waals surface area contributed by atoms with Gasteiger partial charge in [-0.15, -0.1) is 0 Å². The maximum absolute atomic E-state index is 13.4. The van der Waals surface area contributed by atoms with Crippen LogP contribution in [0.25, 0.3) is 10.9 Å². The Morgan fingerprint density at radius 2 is 1.90 bits per heavy atom. The van der Waals surface area contributed by atoms with Gasteiger partial charge in [0.25, 0.3) is 0 Å². The van der Waals surface area contributed by atoms with E-state index in [0.717, 1.165) is 30.0 Å². The molecular formula is C18H12F4N4O3S. The number of hydrogen-bond donors (Lipinski definition) is 1. The second kappa shape index (κ2) is 8.22. The number of halogens is 4. The number of carbonyl (C=O) groups excluding carboxylic acids is 1. The first-order chi connectivity index (χ1) is 14.1. The molecule has 1 N–H and O–H groups in total. The Kier molecular flexibility index (Phi) is 5.87. The summed E-state index contributed by atoms with van der Waals surface area (Å²) in [5.41, 5.74) is -0.766. The highest BCUT2D eigenvalue weighted by atomic mass is 32.2. The van der Waals surface area contributed by atoms with E-state index in [0.29, 0.717) is 5.39 Å². The molecule has 0 saturated heterocycles. The normalized spacial score (nSPS) is 12.6. The van der Waals surface area contributed by atoms with Crippen molar-refractivity contribution in [3.63, 3.8) is 0 Å². The molecule has 0 saturated carbocycles. The van der Waals surface area contributed by atoms with Gasteiger partial charge in [0.1, 0.15) is 5.03 Å². The highest BCUT2D eigenvalue weighted by Crippen LogP contribution is 2.34. The van der Waals surface area contributed by atoms with E-state index in [9.17, 15) is 32.5 Å². The molecule has 1 aromatic heterocycles. The number of aromatic nitrogens is 2. The predicted octanol–water partition coefficient (Wildman–Crippen LogP) is 4.82. The third kappa shape index (κ3) is 4.64. The van der Waals surface area contributed by atoms with Crippen molar-refractivity contribution in [3.8, 4) is 0 Å². The van der Waals surface area contributed by atoms with E-state index in [-0.39, 0.29) is 16.2 Å². The first-order valence-corrected chi connectivity index (χ1v) is 9.19. The van der Waals surface area contributed by atoms with Crippen LogP contribution in [0.3, 0.4) is 0 Å². The lowest BCUT2D eigenvalue weighted by Crippen LogP contribution is -2.23. The Hall–Kier alpha value is -3.28. The predicted molar refractivity (Wildman–Crippen MR) is 102 cm³/mol. The molecule has 30 heavy (non-hydrogen) atoms. The van der Waals surface area contributed by atoms with E-state index in [2.05, 4.69) is 15.3 Å². The number of hydrogen-bond acceptors (Lipinski definition) is 6. The van der Waals surface area contributed by atoms with Gasteiger partial charge in [0.05, 0.1) is 15.7 Å². The van der Waals surface area contributed by atoms with Crippen LogP contribution in [0, 0.1) is 15.9 Å². The molecule has 0 fully saturated rings. The van der Waals surface area contributed by atoms with Crippen molar-refractivity contribution in [2.24, 2.45) is 0 Å². The van der Waals surface area contributed by atoms with Gasteiger partial charge in [-0.1, -0.05) is 30.0 Å². The third-order valence-electron chi connectivity index (χ3n) is 3.89. The molecule has 3 rings (SSSR count). The van der Waals surface area contributed by atoms with E-state index >= 15 is 0 Å². The van der Waals surface area contributed by atoms with Crippen LogP contribution in [0.15, 0.2) is 47.5 Å². The number of rotatable bonds is 5. The Balaban J connectivity index is 1.86. The number of benzene rings is 2. The summed E-state index contributed by atoms with van der Waals surface area (Å²) >= 11 is 0.773. The van der Waals surface area contributed by atoms with E-state index < -0.39 is 39.6 Å². The largest absolute Gasteiger partial charge is 0.451 e. The van der Waals surface area contributed by atoms with Crippen molar-refractivity contribution >= 4 is 39.9 Å². The zero-order valence-corrected chi connectivity index (χ0v) is 15.9. The first-order valence-electron chi connectivity index (χ1n) is 8.31. The molecular weight excluding hydrogens is 428 g/mol. The van der Waals surface area contributed by atoms with Crippen molar-refractivity contribution < 1.29 is 27.3 Å². The summed E-state index contributed by atoms with van der Waals surface area (Å²) in [5.74, 6) is -3.05. The van der Waals surface area contributed by atoms with E-state index in [1.165, 1.54) is 25.1 Å². The van der Waals surface area contributed by atoms with Gasteiger partial charge in [-0.05, 0) is 25.1 Å². The van der Waals surface area contributed by atoms with Crippen molar-refractivity contribution in [2.75, 3.05) is 5.32 Å². The fourth-order valence-corrected chi connectivity index (χ4v) is 3.40. The van der Waals surface area contributed by atoms with Crippen LogP contribution in [-0.2, 0) is 11.0 Å². The van der Waals surface area contributed by atoms with E-state index in [4.69, 9.17) is 0 Å². The summed E-state index contributed by atoms with van der Waals surface area (Å²) in [6.07, 6.45) is -4.77. The monoisotopic (exact) mass is 440 g/mol. The zero-order valence-electron chi connectivity index (χ0n) is 15.1. The van der Waals surface area contributed by atoms with Gasteiger partial charge in [-0.25, -0.2) is 9.97 Å². The fourth-order valence-electron chi connectivity index (χ4n) is 2.46. The van der Waals surface area contributed by atoms with Gasteiger partial charge in [0.15, 0.2) is 0 Å². The van der Waals surface area contributed by atoms with Gasteiger partial charge in [-0.2, -0.15) is 17.6 Å². The molecule has 0 spiro atoms. The van der Waals surface area contributed by atoms with Gasteiger partial charge >= 0.3 is 11.9 Å². The summed E-state index contributed by atoms with van der Waals surface area (Å²) < 4.78 is 52.8. The number of alkyl halides is 3. The molecule has 12 heteroatoms. The standard InChI is InChI=1S/C18H12F4N4O3S/c1-9(15(27)23-10-6-7-12(19)14(8-10)26(28)29)30-16-11-4-2-3-5-13(11)24-17(25-16)18(20,21)22/h2-9H,1H3,(H,23,27)/t9-/m1/s1. The highest BCUT2D eigenvalue weighted by Gasteiger charge is 2.36. The topological polar surface area (TPSA) is 98.0 Å². The average Bonchev–Trinajstić information content (AvgIpc) is 2.68. The lowest BCUT2D eigenvalue weighted by molar-refractivity contribution is -0.387. The maximum Gasteiger partial charge on any atom is 0.451 e. The Bertz CT molecular complexity index is 1140. The maximum atomic E-state index is 13.4. The Labute approximate surface area is 170 Å². The summed E-state index contributed by atoms with van der Waals surface area (Å²) in [4.78, 5) is 29.4. The summed E-state index contributed by atoms with van der Waals surface area (Å²) in [5, 5.41) is 12.6. The lowest BCUT2D eigenvalue weighted by Gasteiger charge is -2.14. The Morgan fingerprint density at radius 1 is 1.20 bits per heavy atom.